The minimum absolute atomic E-state index is 0.0861. The van der Waals surface area contributed by atoms with Gasteiger partial charge in [0.05, 0.1) is 18.7 Å². The van der Waals surface area contributed by atoms with Crippen molar-refractivity contribution >= 4 is 39.6 Å². The van der Waals surface area contributed by atoms with Crippen molar-refractivity contribution in [2.45, 2.75) is 20.0 Å². The first-order valence-corrected chi connectivity index (χ1v) is 12.1. The Balaban J connectivity index is 1.25. The number of carbonyl (C=O) groups is 2. The van der Waals surface area contributed by atoms with Crippen molar-refractivity contribution in [3.8, 4) is 11.5 Å². The van der Waals surface area contributed by atoms with E-state index < -0.39 is 5.92 Å². The van der Waals surface area contributed by atoms with Crippen molar-refractivity contribution in [3.63, 3.8) is 0 Å². The van der Waals surface area contributed by atoms with Crippen LogP contribution in [0, 0.1) is 5.92 Å². The molecule has 1 aliphatic heterocycles. The minimum atomic E-state index is -0.458. The third-order valence-corrected chi connectivity index (χ3v) is 6.07. The number of anilines is 1. The van der Waals surface area contributed by atoms with E-state index in [0.29, 0.717) is 19.8 Å². The van der Waals surface area contributed by atoms with E-state index in [9.17, 15) is 9.59 Å². The Morgan fingerprint density at radius 3 is 2.37 bits per heavy atom. The Labute approximate surface area is 212 Å². The Bertz CT molecular complexity index is 1180. The maximum absolute atomic E-state index is 12.5. The molecule has 2 amide bonds. The smallest absolute Gasteiger partial charge is 0.245 e. The molecule has 8 heteroatoms. The lowest BCUT2D eigenvalue weighted by atomic mass is 10.1. The quantitative estimate of drug-likeness (QED) is 0.311. The van der Waals surface area contributed by atoms with E-state index >= 15 is 0 Å². The van der Waals surface area contributed by atoms with Crippen LogP contribution < -0.4 is 19.8 Å². The number of rotatable bonds is 9. The van der Waals surface area contributed by atoms with Crippen LogP contribution in [0.5, 0.6) is 11.5 Å². The Morgan fingerprint density at radius 1 is 1.03 bits per heavy atom. The van der Waals surface area contributed by atoms with Crippen molar-refractivity contribution in [3.05, 3.63) is 88.4 Å². The summed E-state index contributed by atoms with van der Waals surface area (Å²) in [6, 6.07) is 22.7. The standard InChI is InChI=1S/C27H26BrN3O4/c1-2-34-24-13-9-23(10-14-24)31-17-21(15-26(31)32)27(33)30-29-16-19-5-11-25(12-6-19)35-18-20-3-7-22(28)8-4-20/h3-14,16,21H,2,15,17-18H2,1H3,(H,30,33)/b29-16-/t21-/m0/s1. The van der Waals surface area contributed by atoms with E-state index in [2.05, 4.69) is 26.5 Å². The fourth-order valence-corrected chi connectivity index (χ4v) is 3.95. The molecule has 7 nitrogen and oxygen atoms in total. The third kappa shape index (κ3) is 6.70. The summed E-state index contributed by atoms with van der Waals surface area (Å²) in [6.07, 6.45) is 1.72. The zero-order valence-corrected chi connectivity index (χ0v) is 20.9. The zero-order chi connectivity index (χ0) is 24.6. The lowest BCUT2D eigenvalue weighted by Crippen LogP contribution is -2.30. The van der Waals surface area contributed by atoms with E-state index in [0.717, 1.165) is 32.8 Å². The van der Waals surface area contributed by atoms with E-state index in [-0.39, 0.29) is 18.2 Å². The summed E-state index contributed by atoms with van der Waals surface area (Å²) in [6.45, 7) is 3.29. The van der Waals surface area contributed by atoms with Crippen molar-refractivity contribution in [2.24, 2.45) is 11.0 Å². The van der Waals surface area contributed by atoms with E-state index in [1.54, 1.807) is 11.1 Å². The Morgan fingerprint density at radius 2 is 1.69 bits per heavy atom. The minimum Gasteiger partial charge on any atom is -0.494 e. The summed E-state index contributed by atoms with van der Waals surface area (Å²) < 4.78 is 12.3. The van der Waals surface area contributed by atoms with E-state index in [1.165, 1.54) is 0 Å². The average Bonchev–Trinajstić information content (AvgIpc) is 3.27. The van der Waals surface area contributed by atoms with Gasteiger partial charge in [0.15, 0.2) is 0 Å². The van der Waals surface area contributed by atoms with Gasteiger partial charge in [-0.05, 0) is 78.7 Å². The molecule has 1 saturated heterocycles. The van der Waals surface area contributed by atoms with Gasteiger partial charge in [-0.3, -0.25) is 9.59 Å². The first kappa shape index (κ1) is 24.5. The van der Waals surface area contributed by atoms with Gasteiger partial charge in [0.2, 0.25) is 11.8 Å². The normalized spacial score (nSPS) is 15.4. The first-order valence-electron chi connectivity index (χ1n) is 11.4. The van der Waals surface area contributed by atoms with Crippen LogP contribution in [0.2, 0.25) is 0 Å². The molecular formula is C27H26BrN3O4. The number of carbonyl (C=O) groups excluding carboxylic acids is 2. The summed E-state index contributed by atoms with van der Waals surface area (Å²) in [5.41, 5.74) is 5.20. The maximum atomic E-state index is 12.5. The Hall–Kier alpha value is -3.65. The molecule has 0 radical (unpaired) electrons. The second kappa shape index (κ2) is 11.7. The van der Waals surface area contributed by atoms with Crippen LogP contribution in [-0.2, 0) is 16.2 Å². The number of halogens is 1. The molecule has 1 fully saturated rings. The molecule has 0 unspecified atom stereocenters. The molecule has 3 aromatic carbocycles. The number of benzene rings is 3. The third-order valence-electron chi connectivity index (χ3n) is 5.54. The zero-order valence-electron chi connectivity index (χ0n) is 19.3. The van der Waals surface area contributed by atoms with Crippen molar-refractivity contribution < 1.29 is 19.1 Å². The van der Waals surface area contributed by atoms with Gasteiger partial charge in [0, 0.05) is 23.1 Å². The van der Waals surface area contributed by atoms with Crippen molar-refractivity contribution in [1.82, 2.24) is 5.43 Å². The summed E-state index contributed by atoms with van der Waals surface area (Å²) in [5, 5.41) is 4.06. The van der Waals surface area contributed by atoms with Crippen LogP contribution in [0.4, 0.5) is 5.69 Å². The number of ether oxygens (including phenoxy) is 2. The van der Waals surface area contributed by atoms with Gasteiger partial charge in [-0.25, -0.2) is 5.43 Å². The highest BCUT2D eigenvalue weighted by atomic mass is 79.9. The summed E-state index contributed by atoms with van der Waals surface area (Å²) in [5.74, 6) is 0.666. The highest BCUT2D eigenvalue weighted by molar-refractivity contribution is 9.10. The summed E-state index contributed by atoms with van der Waals surface area (Å²) in [4.78, 5) is 26.6. The second-order valence-electron chi connectivity index (χ2n) is 8.05. The second-order valence-corrected chi connectivity index (χ2v) is 8.97. The van der Waals surface area contributed by atoms with Crippen LogP contribution >= 0.6 is 15.9 Å². The van der Waals surface area contributed by atoms with Crippen LogP contribution in [-0.4, -0.2) is 31.2 Å². The summed E-state index contributed by atoms with van der Waals surface area (Å²) >= 11 is 3.42. The lowest BCUT2D eigenvalue weighted by molar-refractivity contribution is -0.126. The van der Waals surface area contributed by atoms with E-state index in [4.69, 9.17) is 9.47 Å². The van der Waals surface area contributed by atoms with Crippen LogP contribution in [0.25, 0.3) is 0 Å². The van der Waals surface area contributed by atoms with Crippen LogP contribution in [0.3, 0.4) is 0 Å². The SMILES string of the molecule is CCOc1ccc(N2C[C@@H](C(=O)N/N=C\c3ccc(OCc4ccc(Br)cc4)cc3)CC2=O)cc1. The number of hydrogen-bond acceptors (Lipinski definition) is 5. The number of hydrogen-bond donors (Lipinski definition) is 1. The predicted molar refractivity (Wildman–Crippen MR) is 139 cm³/mol. The van der Waals surface area contributed by atoms with Gasteiger partial charge < -0.3 is 14.4 Å². The van der Waals surface area contributed by atoms with Crippen molar-refractivity contribution in [1.29, 1.82) is 0 Å². The molecule has 0 bridgehead atoms. The molecule has 1 heterocycles. The maximum Gasteiger partial charge on any atom is 0.245 e. The highest BCUT2D eigenvalue weighted by Gasteiger charge is 2.35. The molecule has 3 aromatic rings. The van der Waals surface area contributed by atoms with Gasteiger partial charge in [0.1, 0.15) is 18.1 Å². The van der Waals surface area contributed by atoms with E-state index in [1.807, 2.05) is 79.7 Å². The van der Waals surface area contributed by atoms with Crippen LogP contribution in [0.1, 0.15) is 24.5 Å². The fraction of sp³-hybridized carbons (Fsp3) is 0.222. The molecule has 0 spiro atoms. The predicted octanol–water partition coefficient (Wildman–Crippen LogP) is 4.93. The molecule has 1 aliphatic rings. The molecule has 35 heavy (non-hydrogen) atoms. The molecule has 0 aliphatic carbocycles. The molecule has 1 atom stereocenters. The number of hydrazone groups is 1. The molecule has 0 saturated carbocycles. The number of nitrogens with one attached hydrogen (secondary N) is 1. The van der Waals surface area contributed by atoms with Gasteiger partial charge >= 0.3 is 0 Å². The lowest BCUT2D eigenvalue weighted by Gasteiger charge is -2.17. The monoisotopic (exact) mass is 535 g/mol. The average molecular weight is 536 g/mol. The highest BCUT2D eigenvalue weighted by Crippen LogP contribution is 2.27. The first-order chi connectivity index (χ1) is 17.0. The molecular weight excluding hydrogens is 510 g/mol. The molecule has 1 N–H and O–H groups in total. The number of amides is 2. The molecule has 0 aromatic heterocycles. The van der Waals surface area contributed by atoms with Gasteiger partial charge in [0.25, 0.3) is 0 Å². The topological polar surface area (TPSA) is 80.2 Å². The van der Waals surface area contributed by atoms with Gasteiger partial charge in [-0.15, -0.1) is 0 Å². The Kier molecular flexibility index (Phi) is 8.15. The summed E-state index contributed by atoms with van der Waals surface area (Å²) in [7, 11) is 0. The van der Waals surface area contributed by atoms with Gasteiger partial charge in [-0.1, -0.05) is 28.1 Å². The van der Waals surface area contributed by atoms with Crippen molar-refractivity contribution in [2.75, 3.05) is 18.1 Å². The van der Waals surface area contributed by atoms with Crippen LogP contribution in [0.15, 0.2) is 82.4 Å². The molecule has 4 rings (SSSR count). The number of nitrogens with zero attached hydrogens (tertiary/aromatic N) is 2. The molecule has 180 valence electrons. The largest absolute Gasteiger partial charge is 0.494 e. The van der Waals surface area contributed by atoms with Gasteiger partial charge in [-0.2, -0.15) is 5.10 Å². The fourth-order valence-electron chi connectivity index (χ4n) is 3.68.